The van der Waals surface area contributed by atoms with Gasteiger partial charge in [-0.25, -0.2) is 0 Å². The molecule has 0 amide bonds. The first-order valence-corrected chi connectivity index (χ1v) is 5.39. The number of hydrogen-bond acceptors (Lipinski definition) is 1. The van der Waals surface area contributed by atoms with Crippen molar-refractivity contribution in [2.45, 2.75) is 40.0 Å². The Morgan fingerprint density at radius 3 is 2.21 bits per heavy atom. The fraction of sp³-hybridized carbons (Fsp3) is 0.538. The van der Waals surface area contributed by atoms with Crippen molar-refractivity contribution in [1.29, 1.82) is 0 Å². The maximum atomic E-state index is 6.00. The third-order valence-electron chi connectivity index (χ3n) is 2.42. The van der Waals surface area contributed by atoms with Crippen LogP contribution in [0.5, 0.6) is 0 Å². The molecule has 0 heterocycles. The van der Waals surface area contributed by atoms with Gasteiger partial charge in [0.25, 0.3) is 0 Å². The second kappa shape index (κ2) is 4.50. The van der Waals surface area contributed by atoms with E-state index in [9.17, 15) is 0 Å². The van der Waals surface area contributed by atoms with Gasteiger partial charge >= 0.3 is 0 Å². The molecule has 0 radical (unpaired) electrons. The lowest BCUT2D eigenvalue weighted by Crippen LogP contribution is -2.00. The highest BCUT2D eigenvalue weighted by molar-refractivity contribution is 5.50. The summed E-state index contributed by atoms with van der Waals surface area (Å²) in [7, 11) is 0. The summed E-state index contributed by atoms with van der Waals surface area (Å²) in [6, 6.07) is 6.48. The van der Waals surface area contributed by atoms with Gasteiger partial charge in [-0.15, -0.1) is 0 Å². The van der Waals surface area contributed by atoms with Gasteiger partial charge in [-0.1, -0.05) is 39.8 Å². The number of hydrogen-bond donors (Lipinski definition) is 1. The molecular formula is C13H21N. The van der Waals surface area contributed by atoms with Crippen LogP contribution in [0.1, 0.15) is 44.7 Å². The van der Waals surface area contributed by atoms with Crippen LogP contribution in [0.25, 0.3) is 0 Å². The summed E-state index contributed by atoms with van der Waals surface area (Å²) >= 11 is 0. The first-order valence-electron chi connectivity index (χ1n) is 5.39. The Kier molecular flexibility index (Phi) is 3.56. The predicted molar refractivity (Wildman–Crippen MR) is 63.5 cm³/mol. The van der Waals surface area contributed by atoms with Gasteiger partial charge in [-0.3, -0.25) is 0 Å². The molecule has 2 N–H and O–H groups in total. The van der Waals surface area contributed by atoms with Gasteiger partial charge in [-0.05, 0) is 35.4 Å². The molecule has 0 aromatic heterocycles. The van der Waals surface area contributed by atoms with Crippen molar-refractivity contribution in [3.8, 4) is 0 Å². The molecular weight excluding hydrogens is 170 g/mol. The minimum Gasteiger partial charge on any atom is -0.398 e. The highest BCUT2D eigenvalue weighted by Crippen LogP contribution is 2.23. The van der Waals surface area contributed by atoms with Crippen molar-refractivity contribution in [2.75, 3.05) is 5.73 Å². The van der Waals surface area contributed by atoms with Crippen molar-refractivity contribution < 1.29 is 0 Å². The van der Waals surface area contributed by atoms with Crippen molar-refractivity contribution in [3.63, 3.8) is 0 Å². The average molecular weight is 191 g/mol. The Labute approximate surface area is 87.3 Å². The first kappa shape index (κ1) is 11.1. The predicted octanol–water partition coefficient (Wildman–Crippen LogP) is 3.59. The summed E-state index contributed by atoms with van der Waals surface area (Å²) in [6.07, 6.45) is 1.11. The van der Waals surface area contributed by atoms with E-state index >= 15 is 0 Å². The van der Waals surface area contributed by atoms with Gasteiger partial charge in [0.2, 0.25) is 0 Å². The summed E-state index contributed by atoms with van der Waals surface area (Å²) in [5, 5.41) is 0. The summed E-state index contributed by atoms with van der Waals surface area (Å²) < 4.78 is 0. The molecule has 0 aliphatic rings. The van der Waals surface area contributed by atoms with E-state index in [1.165, 1.54) is 11.1 Å². The topological polar surface area (TPSA) is 26.0 Å². The molecule has 1 aromatic carbocycles. The van der Waals surface area contributed by atoms with E-state index in [0.29, 0.717) is 11.8 Å². The molecule has 1 rings (SSSR count). The molecule has 1 aromatic rings. The maximum absolute atomic E-state index is 6.00. The van der Waals surface area contributed by atoms with E-state index in [2.05, 4.69) is 45.9 Å². The standard InChI is InChI=1S/C13H21N/c1-9(2)7-11-5-6-12(10(3)4)13(14)8-11/h5-6,8-10H,7,14H2,1-4H3. The molecule has 0 spiro atoms. The molecule has 0 aliphatic heterocycles. The summed E-state index contributed by atoms with van der Waals surface area (Å²) in [5.74, 6) is 1.21. The summed E-state index contributed by atoms with van der Waals surface area (Å²) in [4.78, 5) is 0. The summed E-state index contributed by atoms with van der Waals surface area (Å²) in [6.45, 7) is 8.81. The number of nitrogen functional groups attached to an aromatic ring is 1. The quantitative estimate of drug-likeness (QED) is 0.726. The third kappa shape index (κ3) is 2.76. The van der Waals surface area contributed by atoms with Gasteiger partial charge in [0.15, 0.2) is 0 Å². The number of nitrogens with two attached hydrogens (primary N) is 1. The number of anilines is 1. The molecule has 1 nitrogen and oxygen atoms in total. The van der Waals surface area contributed by atoms with E-state index in [-0.39, 0.29) is 0 Å². The molecule has 78 valence electrons. The molecule has 0 unspecified atom stereocenters. The monoisotopic (exact) mass is 191 g/mol. The van der Waals surface area contributed by atoms with E-state index in [0.717, 1.165) is 12.1 Å². The van der Waals surface area contributed by atoms with Gasteiger partial charge in [0, 0.05) is 5.69 Å². The lowest BCUT2D eigenvalue weighted by atomic mass is 9.96. The molecule has 0 atom stereocenters. The van der Waals surface area contributed by atoms with E-state index in [1.54, 1.807) is 0 Å². The van der Waals surface area contributed by atoms with Crippen LogP contribution >= 0.6 is 0 Å². The molecule has 0 aliphatic carbocycles. The maximum Gasteiger partial charge on any atom is 0.0351 e. The van der Waals surface area contributed by atoms with Crippen LogP contribution in [0.15, 0.2) is 18.2 Å². The van der Waals surface area contributed by atoms with Crippen LogP contribution < -0.4 is 5.73 Å². The van der Waals surface area contributed by atoms with Crippen molar-refractivity contribution in [3.05, 3.63) is 29.3 Å². The molecule has 0 saturated carbocycles. The number of benzene rings is 1. The van der Waals surface area contributed by atoms with Gasteiger partial charge in [0.1, 0.15) is 0 Å². The zero-order valence-electron chi connectivity index (χ0n) is 9.67. The molecule has 1 heteroatoms. The SMILES string of the molecule is CC(C)Cc1ccc(C(C)C)c(N)c1. The molecule has 0 fully saturated rings. The fourth-order valence-electron chi connectivity index (χ4n) is 1.75. The second-order valence-corrected chi connectivity index (χ2v) is 4.72. The van der Waals surface area contributed by atoms with Crippen molar-refractivity contribution >= 4 is 5.69 Å². The van der Waals surface area contributed by atoms with Crippen molar-refractivity contribution in [1.82, 2.24) is 0 Å². The van der Waals surface area contributed by atoms with E-state index < -0.39 is 0 Å². The number of rotatable bonds is 3. The van der Waals surface area contributed by atoms with Crippen LogP contribution in [-0.4, -0.2) is 0 Å². The van der Waals surface area contributed by atoms with Crippen LogP contribution in [-0.2, 0) is 6.42 Å². The minimum absolute atomic E-state index is 0.517. The van der Waals surface area contributed by atoms with Gasteiger partial charge in [0.05, 0.1) is 0 Å². The largest absolute Gasteiger partial charge is 0.398 e. The normalized spacial score (nSPS) is 11.3. The smallest absolute Gasteiger partial charge is 0.0351 e. The van der Waals surface area contributed by atoms with Crippen LogP contribution in [0.4, 0.5) is 5.69 Å². The van der Waals surface area contributed by atoms with Crippen LogP contribution in [0.3, 0.4) is 0 Å². The van der Waals surface area contributed by atoms with Gasteiger partial charge < -0.3 is 5.73 Å². The molecule has 0 saturated heterocycles. The zero-order valence-corrected chi connectivity index (χ0v) is 9.67. The minimum atomic E-state index is 0.517. The van der Waals surface area contributed by atoms with Crippen molar-refractivity contribution in [2.24, 2.45) is 5.92 Å². The Hall–Kier alpha value is -0.980. The first-order chi connectivity index (χ1) is 6.50. The Morgan fingerprint density at radius 2 is 1.79 bits per heavy atom. The lowest BCUT2D eigenvalue weighted by molar-refractivity contribution is 0.647. The Morgan fingerprint density at radius 1 is 1.14 bits per heavy atom. The van der Waals surface area contributed by atoms with E-state index in [1.807, 2.05) is 0 Å². The Balaban J connectivity index is 2.89. The molecule has 14 heavy (non-hydrogen) atoms. The highest BCUT2D eigenvalue weighted by Gasteiger charge is 2.05. The zero-order chi connectivity index (χ0) is 10.7. The second-order valence-electron chi connectivity index (χ2n) is 4.72. The van der Waals surface area contributed by atoms with E-state index in [4.69, 9.17) is 5.73 Å². The van der Waals surface area contributed by atoms with Gasteiger partial charge in [-0.2, -0.15) is 0 Å². The average Bonchev–Trinajstić information content (AvgIpc) is 2.01. The van der Waals surface area contributed by atoms with Crippen LogP contribution in [0, 0.1) is 5.92 Å². The lowest BCUT2D eigenvalue weighted by Gasteiger charge is -2.12. The van der Waals surface area contributed by atoms with Crippen LogP contribution in [0.2, 0.25) is 0 Å². The third-order valence-corrected chi connectivity index (χ3v) is 2.42. The highest BCUT2D eigenvalue weighted by atomic mass is 14.6. The molecule has 0 bridgehead atoms. The Bertz CT molecular complexity index is 300. The fourth-order valence-corrected chi connectivity index (χ4v) is 1.75. The summed E-state index contributed by atoms with van der Waals surface area (Å²) in [5.41, 5.74) is 9.55.